The molecule has 3 aromatic carbocycles. The lowest BCUT2D eigenvalue weighted by Gasteiger charge is -2.25. The minimum atomic E-state index is -1.40. The van der Waals surface area contributed by atoms with Gasteiger partial charge >= 0.3 is 12.1 Å². The minimum absolute atomic E-state index is 0.0618. The van der Waals surface area contributed by atoms with Gasteiger partial charge in [0.05, 0.1) is 5.92 Å². The second kappa shape index (κ2) is 15.3. The summed E-state index contributed by atoms with van der Waals surface area (Å²) in [6.45, 7) is 6.85. The van der Waals surface area contributed by atoms with Gasteiger partial charge in [-0.2, -0.15) is 0 Å². The number of hydrogen-bond acceptors (Lipinski definition) is 7. The first kappa shape index (κ1) is 34.5. The van der Waals surface area contributed by atoms with E-state index in [-0.39, 0.29) is 18.7 Å². The number of nitrogens with one attached hydrogen (secondary N) is 4. The molecule has 1 aliphatic heterocycles. The van der Waals surface area contributed by atoms with E-state index in [1.807, 2.05) is 30.3 Å². The Morgan fingerprint density at radius 3 is 2.15 bits per heavy atom. The van der Waals surface area contributed by atoms with Crippen LogP contribution in [0, 0.1) is 0 Å². The molecule has 5 N–H and O–H groups in total. The number of amides is 4. The van der Waals surface area contributed by atoms with E-state index in [1.54, 1.807) is 69.3 Å². The molecular weight excluding hydrogens is 604 g/mol. The first-order valence-electron chi connectivity index (χ1n) is 15.3. The average Bonchev–Trinajstić information content (AvgIpc) is 3.33. The van der Waals surface area contributed by atoms with E-state index in [1.165, 1.54) is 6.92 Å². The Labute approximate surface area is 273 Å². The molecule has 12 heteroatoms. The number of carbonyl (C=O) groups is 5. The maximum atomic E-state index is 13.4. The van der Waals surface area contributed by atoms with Crippen molar-refractivity contribution in [1.82, 2.24) is 16.0 Å². The molecule has 3 aromatic rings. The number of fused-ring (bicyclic) bond motifs is 1. The van der Waals surface area contributed by atoms with Crippen LogP contribution in [-0.2, 0) is 36.9 Å². The molecule has 0 aliphatic carbocycles. The summed E-state index contributed by atoms with van der Waals surface area (Å²) in [5.41, 5.74) is 2.13. The van der Waals surface area contributed by atoms with E-state index < -0.39 is 53.5 Å². The van der Waals surface area contributed by atoms with Gasteiger partial charge in [-0.3, -0.25) is 14.4 Å². The van der Waals surface area contributed by atoms with E-state index in [2.05, 4.69) is 21.3 Å². The molecule has 0 saturated carbocycles. The van der Waals surface area contributed by atoms with Crippen molar-refractivity contribution >= 4 is 35.5 Å². The largest absolute Gasteiger partial charge is 0.489 e. The molecule has 1 unspecified atom stereocenters. The highest BCUT2D eigenvalue weighted by molar-refractivity contribution is 6.03. The second-order valence-corrected chi connectivity index (χ2v) is 12.3. The number of carboxylic acids is 1. The van der Waals surface area contributed by atoms with Gasteiger partial charge in [0.1, 0.15) is 36.1 Å². The zero-order valence-corrected chi connectivity index (χ0v) is 26.7. The van der Waals surface area contributed by atoms with Gasteiger partial charge < -0.3 is 35.8 Å². The number of aliphatic carboxylic acids is 1. The van der Waals surface area contributed by atoms with E-state index in [9.17, 15) is 29.1 Å². The van der Waals surface area contributed by atoms with Crippen LogP contribution in [0.1, 0.15) is 56.7 Å². The first-order chi connectivity index (χ1) is 22.3. The Morgan fingerprint density at radius 1 is 0.830 bits per heavy atom. The number of carbonyl (C=O) groups excluding carboxylic acids is 4. The van der Waals surface area contributed by atoms with Gasteiger partial charge in [-0.1, -0.05) is 60.7 Å². The lowest BCUT2D eigenvalue weighted by Crippen LogP contribution is -2.55. The molecule has 0 fully saturated rings. The van der Waals surface area contributed by atoms with Crippen molar-refractivity contribution in [3.8, 4) is 5.75 Å². The third kappa shape index (κ3) is 10.1. The molecular formula is C35H40N4O8. The van der Waals surface area contributed by atoms with Gasteiger partial charge in [-0.25, -0.2) is 9.59 Å². The fourth-order valence-corrected chi connectivity index (χ4v) is 5.00. The highest BCUT2D eigenvalue weighted by Gasteiger charge is 2.36. The molecule has 12 nitrogen and oxygen atoms in total. The predicted octanol–water partition coefficient (Wildman–Crippen LogP) is 3.90. The average molecular weight is 645 g/mol. The van der Waals surface area contributed by atoms with E-state index in [0.717, 1.165) is 5.56 Å². The summed E-state index contributed by atoms with van der Waals surface area (Å²) in [6.07, 6.45) is -0.941. The smallest absolute Gasteiger partial charge is 0.408 e. The monoisotopic (exact) mass is 644 g/mol. The molecule has 248 valence electrons. The molecule has 4 amide bonds. The van der Waals surface area contributed by atoms with E-state index >= 15 is 0 Å². The Hall–Kier alpha value is -5.39. The molecule has 0 bridgehead atoms. The van der Waals surface area contributed by atoms with Gasteiger partial charge in [0.25, 0.3) is 0 Å². The quantitative estimate of drug-likeness (QED) is 0.186. The number of alkyl carbamates (subject to hydrolysis) is 1. The van der Waals surface area contributed by atoms with E-state index in [4.69, 9.17) is 9.47 Å². The molecule has 0 radical (unpaired) electrons. The highest BCUT2D eigenvalue weighted by Crippen LogP contribution is 2.35. The van der Waals surface area contributed by atoms with Crippen LogP contribution >= 0.6 is 0 Å². The van der Waals surface area contributed by atoms with Gasteiger partial charge in [0, 0.05) is 12.1 Å². The maximum absolute atomic E-state index is 13.4. The van der Waals surface area contributed by atoms with Crippen molar-refractivity contribution in [3.05, 3.63) is 95.6 Å². The van der Waals surface area contributed by atoms with Crippen LogP contribution in [-0.4, -0.2) is 58.6 Å². The van der Waals surface area contributed by atoms with Gasteiger partial charge in [0.15, 0.2) is 0 Å². The van der Waals surface area contributed by atoms with Crippen LogP contribution in [0.5, 0.6) is 5.75 Å². The Morgan fingerprint density at radius 2 is 1.49 bits per heavy atom. The van der Waals surface area contributed by atoms with Crippen molar-refractivity contribution < 1.29 is 38.6 Å². The number of benzene rings is 3. The summed E-state index contributed by atoms with van der Waals surface area (Å²) in [4.78, 5) is 63.7. The third-order valence-electron chi connectivity index (χ3n) is 7.37. The summed E-state index contributed by atoms with van der Waals surface area (Å²) < 4.78 is 11.2. The van der Waals surface area contributed by atoms with Crippen LogP contribution in [0.3, 0.4) is 0 Å². The van der Waals surface area contributed by atoms with Crippen LogP contribution in [0.15, 0.2) is 78.9 Å². The first-order valence-corrected chi connectivity index (χ1v) is 15.3. The van der Waals surface area contributed by atoms with Crippen LogP contribution in [0.25, 0.3) is 0 Å². The Bertz CT molecular complexity index is 1590. The maximum Gasteiger partial charge on any atom is 0.408 e. The van der Waals surface area contributed by atoms with Gasteiger partial charge in [0.2, 0.25) is 17.7 Å². The zero-order chi connectivity index (χ0) is 34.1. The molecule has 0 saturated heterocycles. The normalized spacial score (nSPS) is 15.7. The third-order valence-corrected chi connectivity index (χ3v) is 7.37. The fraction of sp³-hybridized carbons (Fsp3) is 0.343. The Kier molecular flexibility index (Phi) is 11.2. The van der Waals surface area contributed by atoms with Crippen LogP contribution in [0.4, 0.5) is 10.5 Å². The van der Waals surface area contributed by atoms with Crippen molar-refractivity contribution in [1.29, 1.82) is 0 Å². The number of carboxylic acid groups (broad SMARTS) is 1. The Balaban J connectivity index is 1.40. The van der Waals surface area contributed by atoms with Gasteiger partial charge in [-0.15, -0.1) is 0 Å². The predicted molar refractivity (Wildman–Crippen MR) is 174 cm³/mol. The zero-order valence-electron chi connectivity index (χ0n) is 26.7. The molecule has 47 heavy (non-hydrogen) atoms. The number of anilines is 1. The lowest BCUT2D eigenvalue weighted by molar-refractivity contribution is -0.142. The summed E-state index contributed by atoms with van der Waals surface area (Å²) in [5.74, 6) is -3.28. The molecule has 0 spiro atoms. The summed E-state index contributed by atoms with van der Waals surface area (Å²) >= 11 is 0. The number of para-hydroxylation sites is 1. The molecule has 4 atom stereocenters. The van der Waals surface area contributed by atoms with Crippen molar-refractivity contribution in [2.75, 3.05) is 5.32 Å². The number of ether oxygens (including phenoxy) is 2. The SMILES string of the molecule is C[C@@H](NC(=O)[C@H](Cc1ccc(OCc2ccccc2)cc1)NC(=O)OC(C)(C)C)C(=O)N[C@@H](CC1C(=O)Nc2ccccc21)C(=O)O. The van der Waals surface area contributed by atoms with E-state index in [0.29, 0.717) is 29.2 Å². The topological polar surface area (TPSA) is 172 Å². The molecule has 0 aromatic heterocycles. The lowest BCUT2D eigenvalue weighted by atomic mass is 9.93. The fourth-order valence-electron chi connectivity index (χ4n) is 5.00. The molecule has 1 aliphatic rings. The highest BCUT2D eigenvalue weighted by atomic mass is 16.6. The summed E-state index contributed by atoms with van der Waals surface area (Å²) in [5, 5.41) is 20.1. The number of hydrogen-bond donors (Lipinski definition) is 5. The standard InChI is InChI=1S/C35H40N4O8/c1-21(30(40)38-29(33(43)44)19-26-25-12-8-9-13-27(25)37-31(26)41)36-32(42)28(39-34(45)47-35(2,3)4)18-22-14-16-24(17-15-22)46-20-23-10-6-5-7-11-23/h5-17,21,26,28-29H,18-20H2,1-4H3,(H,36,42)(H,37,41)(H,38,40)(H,39,45)(H,43,44)/t21-,26?,28+,29+/m1/s1. The van der Waals surface area contributed by atoms with Crippen molar-refractivity contribution in [2.24, 2.45) is 0 Å². The molecule has 4 rings (SSSR count). The minimum Gasteiger partial charge on any atom is -0.489 e. The van der Waals surface area contributed by atoms with Crippen LogP contribution < -0.4 is 26.0 Å². The van der Waals surface area contributed by atoms with Crippen molar-refractivity contribution in [2.45, 2.75) is 76.8 Å². The second-order valence-electron chi connectivity index (χ2n) is 12.3. The number of rotatable bonds is 13. The summed E-state index contributed by atoms with van der Waals surface area (Å²) in [6, 6.07) is 20.0. The van der Waals surface area contributed by atoms with Crippen LogP contribution in [0.2, 0.25) is 0 Å². The molecule has 1 heterocycles. The summed E-state index contributed by atoms with van der Waals surface area (Å²) in [7, 11) is 0. The van der Waals surface area contributed by atoms with Gasteiger partial charge in [-0.05, 0) is 69.0 Å². The van der Waals surface area contributed by atoms with Crippen molar-refractivity contribution in [3.63, 3.8) is 0 Å².